The molecule has 0 N–H and O–H groups in total. The topological polar surface area (TPSA) is 13.1 Å². The van der Waals surface area contributed by atoms with Gasteiger partial charge in [0.05, 0.1) is 6.26 Å². The van der Waals surface area contributed by atoms with Crippen molar-refractivity contribution in [2.45, 2.75) is 33.1 Å². The van der Waals surface area contributed by atoms with Crippen LogP contribution in [0.4, 0.5) is 0 Å². The molecular formula is C27H28OS. The molecule has 0 amide bonds. The molecule has 0 saturated carbocycles. The SMILES string of the molecule is CC=CC(=C(S)C1C=CC=CC1)c1cc2c(c3occc13)C=CC(C)C2C=CC. The van der Waals surface area contributed by atoms with Crippen molar-refractivity contribution in [3.05, 3.63) is 94.7 Å². The second-order valence-corrected chi connectivity index (χ2v) is 8.30. The third-order valence-corrected chi connectivity index (χ3v) is 6.51. The molecule has 3 atom stereocenters. The Morgan fingerprint density at radius 3 is 2.76 bits per heavy atom. The maximum Gasteiger partial charge on any atom is 0.141 e. The Morgan fingerprint density at radius 2 is 2.03 bits per heavy atom. The molecular weight excluding hydrogens is 372 g/mol. The van der Waals surface area contributed by atoms with Crippen molar-refractivity contribution in [2.24, 2.45) is 11.8 Å². The summed E-state index contributed by atoms with van der Waals surface area (Å²) in [6, 6.07) is 4.45. The maximum atomic E-state index is 6.00. The molecule has 4 rings (SSSR count). The van der Waals surface area contributed by atoms with Crippen molar-refractivity contribution in [3.63, 3.8) is 0 Å². The molecule has 1 heterocycles. The van der Waals surface area contributed by atoms with E-state index in [1.54, 1.807) is 6.26 Å². The molecule has 0 fully saturated rings. The number of thiol groups is 1. The van der Waals surface area contributed by atoms with Gasteiger partial charge in [0.25, 0.3) is 0 Å². The molecule has 2 aliphatic rings. The molecule has 0 aliphatic heterocycles. The summed E-state index contributed by atoms with van der Waals surface area (Å²) in [7, 11) is 0. The lowest BCUT2D eigenvalue weighted by atomic mass is 9.78. The van der Waals surface area contributed by atoms with Crippen LogP contribution in [0.15, 0.2) is 82.4 Å². The first-order valence-corrected chi connectivity index (χ1v) is 10.8. The zero-order valence-electron chi connectivity index (χ0n) is 17.3. The highest BCUT2D eigenvalue weighted by atomic mass is 32.1. The van der Waals surface area contributed by atoms with E-state index in [-0.39, 0.29) is 0 Å². The first-order valence-electron chi connectivity index (χ1n) is 10.4. The molecule has 3 unspecified atom stereocenters. The number of hydrogen-bond acceptors (Lipinski definition) is 2. The Kier molecular flexibility index (Phi) is 5.82. The van der Waals surface area contributed by atoms with Crippen LogP contribution in [0, 0.1) is 11.8 Å². The van der Waals surface area contributed by atoms with Crippen molar-refractivity contribution in [3.8, 4) is 0 Å². The van der Waals surface area contributed by atoms with E-state index in [1.807, 2.05) is 0 Å². The molecule has 0 spiro atoms. The summed E-state index contributed by atoms with van der Waals surface area (Å²) in [6.07, 6.45) is 24.7. The van der Waals surface area contributed by atoms with Crippen molar-refractivity contribution in [1.29, 1.82) is 0 Å². The highest BCUT2D eigenvalue weighted by Gasteiger charge is 2.26. The van der Waals surface area contributed by atoms with Crippen LogP contribution in [0.2, 0.25) is 0 Å². The van der Waals surface area contributed by atoms with E-state index in [2.05, 4.69) is 93.7 Å². The number of fused-ring (bicyclic) bond motifs is 3. The summed E-state index contributed by atoms with van der Waals surface area (Å²) >= 11 is 5.01. The normalized spacial score (nSPS) is 24.6. The zero-order chi connectivity index (χ0) is 20.4. The monoisotopic (exact) mass is 400 g/mol. The quantitative estimate of drug-likeness (QED) is 0.311. The number of furan rings is 1. The number of hydrogen-bond donors (Lipinski definition) is 1. The summed E-state index contributed by atoms with van der Waals surface area (Å²) in [6.45, 7) is 6.44. The number of benzene rings is 1. The standard InChI is InChI=1S/C27H28OS/c1-4-9-20-18(3)13-14-21-24(20)17-25(22-15-16-28-26(21)22)23(10-5-2)27(29)19-11-7-6-8-12-19/h4-11,13-20,29H,12H2,1-3H3. The fraction of sp³-hybridized carbons (Fsp3) is 0.259. The Balaban J connectivity index is 1.98. The van der Waals surface area contributed by atoms with E-state index in [0.29, 0.717) is 17.8 Å². The van der Waals surface area contributed by atoms with Gasteiger partial charge in [-0.2, -0.15) is 0 Å². The van der Waals surface area contributed by atoms with Crippen LogP contribution >= 0.6 is 12.6 Å². The van der Waals surface area contributed by atoms with E-state index in [9.17, 15) is 0 Å². The highest BCUT2D eigenvalue weighted by Crippen LogP contribution is 2.43. The molecule has 148 valence electrons. The second-order valence-electron chi connectivity index (χ2n) is 7.81. The van der Waals surface area contributed by atoms with Crippen molar-refractivity contribution >= 4 is 35.2 Å². The molecule has 0 saturated heterocycles. The van der Waals surface area contributed by atoms with Gasteiger partial charge < -0.3 is 4.42 Å². The second kappa shape index (κ2) is 8.51. The van der Waals surface area contributed by atoms with E-state index in [1.165, 1.54) is 22.3 Å². The van der Waals surface area contributed by atoms with Crippen molar-refractivity contribution in [2.75, 3.05) is 0 Å². The molecule has 1 nitrogen and oxygen atoms in total. The third kappa shape index (κ3) is 3.62. The van der Waals surface area contributed by atoms with E-state index >= 15 is 0 Å². The molecule has 2 aliphatic carbocycles. The number of rotatable bonds is 4. The predicted molar refractivity (Wildman–Crippen MR) is 129 cm³/mol. The van der Waals surface area contributed by atoms with Crippen LogP contribution in [0.5, 0.6) is 0 Å². The fourth-order valence-corrected chi connectivity index (χ4v) is 4.83. The Bertz CT molecular complexity index is 1090. The molecule has 29 heavy (non-hydrogen) atoms. The van der Waals surface area contributed by atoms with E-state index in [0.717, 1.165) is 22.3 Å². The maximum absolute atomic E-state index is 6.00. The third-order valence-electron chi connectivity index (χ3n) is 5.93. The fourth-order valence-electron chi connectivity index (χ4n) is 4.44. The van der Waals surface area contributed by atoms with Gasteiger partial charge in [-0.25, -0.2) is 0 Å². The lowest BCUT2D eigenvalue weighted by Gasteiger charge is -2.26. The van der Waals surface area contributed by atoms with Gasteiger partial charge in [-0.3, -0.25) is 0 Å². The zero-order valence-corrected chi connectivity index (χ0v) is 18.2. The predicted octanol–water partition coefficient (Wildman–Crippen LogP) is 8.10. The van der Waals surface area contributed by atoms with Gasteiger partial charge in [0.15, 0.2) is 0 Å². The van der Waals surface area contributed by atoms with Crippen molar-refractivity contribution in [1.82, 2.24) is 0 Å². The summed E-state index contributed by atoms with van der Waals surface area (Å²) < 4.78 is 6.00. The van der Waals surface area contributed by atoms with Crippen LogP contribution in [-0.4, -0.2) is 0 Å². The molecule has 1 aromatic carbocycles. The summed E-state index contributed by atoms with van der Waals surface area (Å²) in [5.41, 5.74) is 5.89. The van der Waals surface area contributed by atoms with Crippen LogP contribution in [0.3, 0.4) is 0 Å². The Hall–Kier alpha value is -2.45. The molecule has 0 radical (unpaired) electrons. The summed E-state index contributed by atoms with van der Waals surface area (Å²) in [5.74, 6) is 1.11. The van der Waals surface area contributed by atoms with Crippen LogP contribution in [-0.2, 0) is 0 Å². The lowest BCUT2D eigenvalue weighted by molar-refractivity contribution is 0.605. The van der Waals surface area contributed by atoms with Gasteiger partial charge in [0.2, 0.25) is 0 Å². The summed E-state index contributed by atoms with van der Waals surface area (Å²) in [5, 5.41) is 1.15. The summed E-state index contributed by atoms with van der Waals surface area (Å²) in [4.78, 5) is 1.10. The van der Waals surface area contributed by atoms with Crippen LogP contribution < -0.4 is 0 Å². The minimum absolute atomic E-state index is 0.303. The average molecular weight is 401 g/mol. The molecule has 2 aromatic rings. The largest absolute Gasteiger partial charge is 0.464 e. The lowest BCUT2D eigenvalue weighted by Crippen LogP contribution is -2.11. The highest BCUT2D eigenvalue weighted by molar-refractivity contribution is 7.84. The van der Waals surface area contributed by atoms with Crippen LogP contribution in [0.25, 0.3) is 22.6 Å². The van der Waals surface area contributed by atoms with Gasteiger partial charge in [-0.15, -0.1) is 12.6 Å². The first kappa shape index (κ1) is 19.8. The molecule has 1 aromatic heterocycles. The molecule has 0 bridgehead atoms. The van der Waals surface area contributed by atoms with Gasteiger partial charge in [-0.1, -0.05) is 67.7 Å². The average Bonchev–Trinajstić information content (AvgIpc) is 3.24. The van der Waals surface area contributed by atoms with Gasteiger partial charge in [0, 0.05) is 22.8 Å². The smallest absolute Gasteiger partial charge is 0.141 e. The minimum atomic E-state index is 0.303. The van der Waals surface area contributed by atoms with Gasteiger partial charge >= 0.3 is 0 Å². The Morgan fingerprint density at radius 1 is 1.17 bits per heavy atom. The molecule has 2 heteroatoms. The first-order chi connectivity index (χ1) is 14.2. The van der Waals surface area contributed by atoms with E-state index < -0.39 is 0 Å². The van der Waals surface area contributed by atoms with Gasteiger partial charge in [-0.05, 0) is 59.9 Å². The minimum Gasteiger partial charge on any atom is -0.464 e. The van der Waals surface area contributed by atoms with E-state index in [4.69, 9.17) is 17.0 Å². The number of allylic oxidation sites excluding steroid dienone is 11. The van der Waals surface area contributed by atoms with Gasteiger partial charge in [0.1, 0.15) is 5.58 Å². The Labute approximate surface area is 179 Å². The van der Waals surface area contributed by atoms with Crippen molar-refractivity contribution < 1.29 is 4.42 Å². The van der Waals surface area contributed by atoms with Crippen LogP contribution in [0.1, 0.15) is 49.8 Å².